The van der Waals surface area contributed by atoms with Crippen molar-refractivity contribution in [2.75, 3.05) is 13.7 Å². The minimum absolute atomic E-state index is 0.196. The Morgan fingerprint density at radius 2 is 1.58 bits per heavy atom. The van der Waals surface area contributed by atoms with Crippen LogP contribution in [0.3, 0.4) is 0 Å². The van der Waals surface area contributed by atoms with Crippen LogP contribution in [0.5, 0.6) is 5.75 Å². The number of ether oxygens (including phenoxy) is 2. The van der Waals surface area contributed by atoms with Crippen LogP contribution in [-0.4, -0.2) is 25.5 Å². The molecule has 0 N–H and O–H groups in total. The molecule has 0 aliphatic heterocycles. The maximum absolute atomic E-state index is 13.3. The van der Waals surface area contributed by atoms with E-state index in [1.165, 1.54) is 35.5 Å². The number of carbonyl (C=O) groups is 2. The van der Waals surface area contributed by atoms with Crippen LogP contribution in [-0.2, 0) is 14.1 Å². The van der Waals surface area contributed by atoms with Gasteiger partial charge in [-0.05, 0) is 24.1 Å². The van der Waals surface area contributed by atoms with Gasteiger partial charge >= 0.3 is 15.1 Å². The number of Topliss-reactive ketones (excluding diaryl/α,β-unsaturated/α-hetero) is 1. The maximum Gasteiger partial charge on any atom is 0.321 e. The predicted octanol–water partition coefficient (Wildman–Crippen LogP) is 6.43. The highest BCUT2D eigenvalue weighted by atomic mass is 35.5. The van der Waals surface area contributed by atoms with Gasteiger partial charge in [-0.1, -0.05) is 91.6 Å². The van der Waals surface area contributed by atoms with E-state index in [4.69, 9.17) is 25.6 Å². The molecule has 0 radical (unpaired) electrons. The lowest BCUT2D eigenvalue weighted by molar-refractivity contribution is -0.144. The quantitative estimate of drug-likeness (QED) is 0.119. The molecule has 7 heteroatoms. The first-order valence-electron chi connectivity index (χ1n) is 10.4. The Morgan fingerprint density at radius 3 is 2.23 bits per heavy atom. The average molecular weight is 466 g/mol. The van der Waals surface area contributed by atoms with Crippen LogP contribution in [0.25, 0.3) is 0 Å². The first kappa shape index (κ1) is 26.8. The van der Waals surface area contributed by atoms with Crippen molar-refractivity contribution in [3.63, 3.8) is 0 Å². The fourth-order valence-electron chi connectivity index (χ4n) is 3.24. The van der Waals surface area contributed by atoms with Crippen LogP contribution in [0.15, 0.2) is 48.5 Å². The number of ketones is 1. The fraction of sp³-hybridized carbons (Fsp3) is 0.417. The Labute approximate surface area is 191 Å². The molecule has 0 aliphatic carbocycles. The molecule has 0 aliphatic rings. The van der Waals surface area contributed by atoms with Gasteiger partial charge in [0.15, 0.2) is 5.78 Å². The number of hydrogen-bond donors (Lipinski definition) is 0. The monoisotopic (exact) mass is 465 g/mol. The van der Waals surface area contributed by atoms with Crippen LogP contribution in [0.1, 0.15) is 67.3 Å². The number of benzene rings is 2. The Kier molecular flexibility index (Phi) is 13.4. The Bertz CT molecular complexity index is 813. The lowest BCUT2D eigenvalue weighted by Gasteiger charge is -2.18. The van der Waals surface area contributed by atoms with Gasteiger partial charge in [-0.2, -0.15) is 0 Å². The van der Waals surface area contributed by atoms with Crippen LogP contribution in [0, 0.1) is 0 Å². The highest BCUT2D eigenvalue weighted by Gasteiger charge is 2.33. The topological polar surface area (TPSA) is 69.7 Å². The highest BCUT2D eigenvalue weighted by molar-refractivity contribution is 7.00. The van der Waals surface area contributed by atoms with Gasteiger partial charge in [0.1, 0.15) is 11.7 Å². The Balaban J connectivity index is 0.00000233. The molecule has 0 saturated heterocycles. The summed E-state index contributed by atoms with van der Waals surface area (Å²) in [5.74, 6) is -1.72. The zero-order valence-electron chi connectivity index (χ0n) is 18.1. The maximum atomic E-state index is 13.3. The third kappa shape index (κ3) is 8.43. The molecule has 0 bridgehead atoms. The molecule has 0 spiro atoms. The molecule has 2 rings (SSSR count). The lowest BCUT2D eigenvalue weighted by atomic mass is 9.90. The van der Waals surface area contributed by atoms with Crippen molar-refractivity contribution in [2.45, 2.75) is 51.4 Å². The van der Waals surface area contributed by atoms with E-state index in [0.717, 1.165) is 19.3 Å². The summed E-state index contributed by atoms with van der Waals surface area (Å²) in [7, 11) is 2.64. The second-order valence-electron chi connectivity index (χ2n) is 6.96. The number of rotatable bonds is 12. The average Bonchev–Trinajstić information content (AvgIpc) is 2.80. The molecule has 2 aromatic rings. The minimum Gasteiger partial charge on any atom is -0.496 e. The normalized spacial score (nSPS) is 11.1. The van der Waals surface area contributed by atoms with Gasteiger partial charge in [-0.25, -0.2) is 0 Å². The summed E-state index contributed by atoms with van der Waals surface area (Å²) < 4.78 is 18.9. The second-order valence-corrected chi connectivity index (χ2v) is 7.37. The summed E-state index contributed by atoms with van der Waals surface area (Å²) in [6.07, 6.45) is 6.55. The molecule has 31 heavy (non-hydrogen) atoms. The number of unbranched alkanes of at least 4 members (excludes halogenated alkanes) is 5. The van der Waals surface area contributed by atoms with Gasteiger partial charge in [0.2, 0.25) is 0 Å². The second kappa shape index (κ2) is 15.6. The highest BCUT2D eigenvalue weighted by Crippen LogP contribution is 2.32. The Hall–Kier alpha value is -2.23. The predicted molar refractivity (Wildman–Crippen MR) is 126 cm³/mol. The van der Waals surface area contributed by atoms with Crippen molar-refractivity contribution in [3.05, 3.63) is 64.7 Å². The van der Waals surface area contributed by atoms with E-state index >= 15 is 0 Å². The van der Waals surface area contributed by atoms with Crippen LogP contribution < -0.4 is 4.74 Å². The first-order valence-corrected chi connectivity index (χ1v) is 11.3. The fourth-order valence-corrected chi connectivity index (χ4v) is 3.50. The van der Waals surface area contributed by atoms with E-state index < -0.39 is 17.7 Å². The first-order chi connectivity index (χ1) is 15.1. The molecular weight excluding hydrogens is 435 g/mol. The molecule has 0 fully saturated rings. The standard InChI is InChI=1S/C24H29ClO4.H2OP/c1-3-4-5-6-7-11-17-29-24(27)21(18-13-9-8-10-14-18)23(26)22-19(25)15-12-16-20(22)28-2;1-2/h8-10,12-16,21H,3-7,11,17H2,1-2H3;2H2/q;+1. The molecule has 0 heterocycles. The van der Waals surface area contributed by atoms with Crippen molar-refractivity contribution in [1.82, 2.24) is 0 Å². The van der Waals surface area contributed by atoms with E-state index in [9.17, 15) is 9.59 Å². The molecule has 2 unspecified atom stereocenters. The molecule has 2 atom stereocenters. The summed E-state index contributed by atoms with van der Waals surface area (Å²) in [6.45, 7) is 2.48. The van der Waals surface area contributed by atoms with Gasteiger partial charge < -0.3 is 9.47 Å². The summed E-state index contributed by atoms with van der Waals surface area (Å²) >= 11 is 6.27. The van der Waals surface area contributed by atoms with E-state index in [1.54, 1.807) is 42.5 Å². The number of carbonyl (C=O) groups excluding carboxylic acids is 2. The zero-order valence-corrected chi connectivity index (χ0v) is 20.1. The van der Waals surface area contributed by atoms with Crippen LogP contribution in [0.4, 0.5) is 0 Å². The number of methoxy groups -OCH3 is 1. The largest absolute Gasteiger partial charge is 0.496 e. The Morgan fingerprint density at radius 1 is 0.935 bits per heavy atom. The van der Waals surface area contributed by atoms with Crippen molar-refractivity contribution >= 4 is 32.5 Å². The van der Waals surface area contributed by atoms with E-state index in [0.29, 0.717) is 17.9 Å². The summed E-state index contributed by atoms with van der Waals surface area (Å²) in [5.41, 5.74) is 0.773. The molecule has 2 aromatic carbocycles. The molecular formula is C24H31ClO5P+. The van der Waals surface area contributed by atoms with Gasteiger partial charge in [-0.15, -0.1) is 0 Å². The third-order valence-corrected chi connectivity index (χ3v) is 5.13. The van der Waals surface area contributed by atoms with E-state index in [2.05, 4.69) is 6.92 Å². The van der Waals surface area contributed by atoms with Crippen molar-refractivity contribution in [3.8, 4) is 5.75 Å². The summed E-state index contributed by atoms with van der Waals surface area (Å²) in [5, 5.41) is 0.249. The van der Waals surface area contributed by atoms with Crippen molar-refractivity contribution < 1.29 is 23.6 Å². The number of halogens is 1. The molecule has 5 nitrogen and oxygen atoms in total. The lowest BCUT2D eigenvalue weighted by Crippen LogP contribution is -2.25. The molecule has 0 saturated carbocycles. The van der Waals surface area contributed by atoms with Crippen molar-refractivity contribution in [2.24, 2.45) is 0 Å². The van der Waals surface area contributed by atoms with E-state index in [-0.39, 0.29) is 10.6 Å². The zero-order chi connectivity index (χ0) is 23.1. The minimum atomic E-state index is -1.08. The van der Waals surface area contributed by atoms with Crippen molar-refractivity contribution in [1.29, 1.82) is 0 Å². The SMILES string of the molecule is CCCCCCCCOC(=O)C(C(=O)c1c(Cl)cccc1OC)c1ccccc1.O=[PH2+]. The summed E-state index contributed by atoms with van der Waals surface area (Å²) in [4.78, 5) is 26.2. The number of hydrogen-bond acceptors (Lipinski definition) is 5. The van der Waals surface area contributed by atoms with Crippen LogP contribution >= 0.6 is 20.7 Å². The smallest absolute Gasteiger partial charge is 0.321 e. The molecule has 0 amide bonds. The van der Waals surface area contributed by atoms with Gasteiger partial charge in [0, 0.05) is 0 Å². The van der Waals surface area contributed by atoms with Gasteiger partial charge in [0.25, 0.3) is 0 Å². The summed E-state index contributed by atoms with van der Waals surface area (Å²) in [6, 6.07) is 13.9. The third-order valence-electron chi connectivity index (χ3n) is 4.81. The van der Waals surface area contributed by atoms with Crippen LogP contribution in [0.2, 0.25) is 5.02 Å². The molecule has 0 aromatic heterocycles. The number of esters is 1. The van der Waals surface area contributed by atoms with E-state index in [1.807, 2.05) is 6.07 Å². The van der Waals surface area contributed by atoms with Gasteiger partial charge in [-0.3, -0.25) is 9.59 Å². The molecule has 168 valence electrons. The van der Waals surface area contributed by atoms with Gasteiger partial charge in [0.05, 0.1) is 24.3 Å².